The van der Waals surface area contributed by atoms with Crippen LogP contribution in [0.3, 0.4) is 0 Å². The summed E-state index contributed by atoms with van der Waals surface area (Å²) < 4.78 is 25.9. The molecule has 0 bridgehead atoms. The van der Waals surface area contributed by atoms with E-state index >= 15 is 0 Å². The van der Waals surface area contributed by atoms with E-state index in [-0.39, 0.29) is 12.4 Å². The van der Waals surface area contributed by atoms with E-state index in [0.29, 0.717) is 5.56 Å². The second-order valence-corrected chi connectivity index (χ2v) is 4.24. The number of hydrogen-bond acceptors (Lipinski definition) is 1. The molecule has 0 aliphatic carbocycles. The summed E-state index contributed by atoms with van der Waals surface area (Å²) in [6.45, 7) is 0. The summed E-state index contributed by atoms with van der Waals surface area (Å²) in [5, 5.41) is 0. The molecule has 14 heavy (non-hydrogen) atoms. The molecule has 0 saturated carbocycles. The van der Waals surface area contributed by atoms with Crippen LogP contribution in [0.4, 0.5) is 8.78 Å². The highest BCUT2D eigenvalue weighted by Gasteiger charge is 2.17. The van der Waals surface area contributed by atoms with Crippen LogP contribution in [0.1, 0.15) is 11.6 Å². The highest BCUT2D eigenvalue weighted by molar-refractivity contribution is 9.13. The summed E-state index contributed by atoms with van der Waals surface area (Å²) in [6, 6.07) is 3.62. The van der Waals surface area contributed by atoms with Gasteiger partial charge >= 0.3 is 0 Å². The van der Waals surface area contributed by atoms with Crippen molar-refractivity contribution in [3.05, 3.63) is 32.7 Å². The lowest BCUT2D eigenvalue weighted by Gasteiger charge is -2.11. The molecule has 1 atom stereocenters. The Morgan fingerprint density at radius 2 is 1.71 bits per heavy atom. The third kappa shape index (κ3) is 3.46. The predicted octanol–water partition coefficient (Wildman–Crippen LogP) is 3.90. The van der Waals surface area contributed by atoms with E-state index in [4.69, 9.17) is 5.73 Å². The second-order valence-electron chi connectivity index (χ2n) is 2.53. The second kappa shape index (κ2) is 6.00. The van der Waals surface area contributed by atoms with Crippen molar-refractivity contribution in [2.24, 2.45) is 5.73 Å². The molecule has 0 unspecified atom stereocenters. The molecule has 0 aliphatic rings. The van der Waals surface area contributed by atoms with E-state index in [2.05, 4.69) is 31.9 Å². The van der Waals surface area contributed by atoms with Crippen LogP contribution in [0.5, 0.6) is 0 Å². The monoisotopic (exact) mass is 349 g/mol. The van der Waals surface area contributed by atoms with Gasteiger partial charge in [0.25, 0.3) is 6.43 Å². The molecular formula is C8H8Br2ClF2N. The maximum Gasteiger partial charge on any atom is 0.257 e. The van der Waals surface area contributed by atoms with Crippen LogP contribution in [0, 0.1) is 0 Å². The fourth-order valence-electron chi connectivity index (χ4n) is 0.865. The minimum Gasteiger partial charge on any atom is -0.319 e. The van der Waals surface area contributed by atoms with Crippen molar-refractivity contribution in [1.82, 2.24) is 0 Å². The Bertz CT molecular complexity index is 309. The normalized spacial score (nSPS) is 12.4. The van der Waals surface area contributed by atoms with Crippen molar-refractivity contribution < 1.29 is 8.78 Å². The maximum atomic E-state index is 12.2. The van der Waals surface area contributed by atoms with Crippen LogP contribution in [0.25, 0.3) is 0 Å². The Labute approximate surface area is 104 Å². The Morgan fingerprint density at radius 1 is 1.14 bits per heavy atom. The van der Waals surface area contributed by atoms with Crippen LogP contribution in [0.2, 0.25) is 0 Å². The Morgan fingerprint density at radius 3 is 2.14 bits per heavy atom. The number of hydrogen-bond donors (Lipinski definition) is 1. The van der Waals surface area contributed by atoms with Gasteiger partial charge in [0.05, 0.1) is 6.04 Å². The minimum absolute atomic E-state index is 0. The summed E-state index contributed by atoms with van der Waals surface area (Å²) in [6.07, 6.45) is -2.53. The van der Waals surface area contributed by atoms with Gasteiger partial charge in [0.15, 0.2) is 0 Å². The summed E-state index contributed by atoms with van der Waals surface area (Å²) in [7, 11) is 0. The van der Waals surface area contributed by atoms with Crippen molar-refractivity contribution in [3.63, 3.8) is 0 Å². The molecule has 0 radical (unpaired) electrons. The average Bonchev–Trinajstić information content (AvgIpc) is 2.08. The van der Waals surface area contributed by atoms with Gasteiger partial charge in [-0.25, -0.2) is 8.78 Å². The third-order valence-electron chi connectivity index (χ3n) is 1.60. The Balaban J connectivity index is 0.00000169. The van der Waals surface area contributed by atoms with Gasteiger partial charge in [-0.1, -0.05) is 6.07 Å². The van der Waals surface area contributed by atoms with Crippen molar-refractivity contribution >= 4 is 44.3 Å². The third-order valence-corrected chi connectivity index (χ3v) is 3.48. The first kappa shape index (κ1) is 14.3. The van der Waals surface area contributed by atoms with Crippen molar-refractivity contribution in [1.29, 1.82) is 0 Å². The molecule has 0 spiro atoms. The molecular weight excluding hydrogens is 343 g/mol. The van der Waals surface area contributed by atoms with Gasteiger partial charge in [0.2, 0.25) is 0 Å². The van der Waals surface area contributed by atoms with E-state index in [9.17, 15) is 8.78 Å². The molecule has 1 aromatic rings. The van der Waals surface area contributed by atoms with Crippen molar-refractivity contribution in [2.45, 2.75) is 12.5 Å². The van der Waals surface area contributed by atoms with Crippen LogP contribution in [-0.2, 0) is 0 Å². The van der Waals surface area contributed by atoms with E-state index in [1.54, 1.807) is 18.2 Å². The van der Waals surface area contributed by atoms with E-state index in [1.807, 2.05) is 0 Å². The molecule has 1 aromatic carbocycles. The average molecular weight is 351 g/mol. The minimum atomic E-state index is -2.53. The van der Waals surface area contributed by atoms with Crippen LogP contribution >= 0.6 is 44.3 Å². The quantitative estimate of drug-likeness (QED) is 0.859. The molecule has 2 N–H and O–H groups in total. The number of nitrogens with two attached hydrogens (primary N) is 1. The SMILES string of the molecule is Cl.N[C@H](c1ccc(Br)c(Br)c1)C(F)F. The summed E-state index contributed by atoms with van der Waals surface area (Å²) in [5.41, 5.74) is 5.69. The maximum absolute atomic E-state index is 12.2. The summed E-state index contributed by atoms with van der Waals surface area (Å²) in [4.78, 5) is 0. The van der Waals surface area contributed by atoms with Gasteiger partial charge < -0.3 is 5.73 Å². The van der Waals surface area contributed by atoms with Gasteiger partial charge in [0, 0.05) is 8.95 Å². The molecule has 0 amide bonds. The zero-order valence-corrected chi connectivity index (χ0v) is 10.9. The van der Waals surface area contributed by atoms with Gasteiger partial charge in [-0.15, -0.1) is 12.4 Å². The van der Waals surface area contributed by atoms with Gasteiger partial charge in [-0.05, 0) is 49.6 Å². The first-order valence-electron chi connectivity index (χ1n) is 3.51. The lowest BCUT2D eigenvalue weighted by atomic mass is 10.1. The summed E-state index contributed by atoms with van der Waals surface area (Å²) in [5.74, 6) is 0. The first-order chi connectivity index (χ1) is 6.02. The van der Waals surface area contributed by atoms with Gasteiger partial charge in [0.1, 0.15) is 0 Å². The topological polar surface area (TPSA) is 26.0 Å². The largest absolute Gasteiger partial charge is 0.319 e. The predicted molar refractivity (Wildman–Crippen MR) is 62.0 cm³/mol. The lowest BCUT2D eigenvalue weighted by Crippen LogP contribution is -2.18. The van der Waals surface area contributed by atoms with Gasteiger partial charge in [-0.3, -0.25) is 0 Å². The molecule has 0 heterocycles. The first-order valence-corrected chi connectivity index (χ1v) is 5.09. The van der Waals surface area contributed by atoms with E-state index in [1.165, 1.54) is 0 Å². The highest BCUT2D eigenvalue weighted by Crippen LogP contribution is 2.27. The molecule has 0 saturated heterocycles. The Hall–Kier alpha value is 0.290. The molecule has 0 fully saturated rings. The fraction of sp³-hybridized carbons (Fsp3) is 0.250. The highest BCUT2D eigenvalue weighted by atomic mass is 79.9. The molecule has 6 heteroatoms. The number of benzene rings is 1. The molecule has 1 nitrogen and oxygen atoms in total. The van der Waals surface area contributed by atoms with E-state index < -0.39 is 12.5 Å². The fourth-order valence-corrected chi connectivity index (χ4v) is 1.51. The number of rotatable bonds is 2. The number of halogens is 5. The lowest BCUT2D eigenvalue weighted by molar-refractivity contribution is 0.116. The van der Waals surface area contributed by atoms with Crippen molar-refractivity contribution in [3.8, 4) is 0 Å². The Kier molecular flexibility index (Phi) is 6.12. The zero-order chi connectivity index (χ0) is 10.0. The smallest absolute Gasteiger partial charge is 0.257 e. The van der Waals surface area contributed by atoms with Crippen molar-refractivity contribution in [2.75, 3.05) is 0 Å². The van der Waals surface area contributed by atoms with Crippen LogP contribution < -0.4 is 5.73 Å². The van der Waals surface area contributed by atoms with Gasteiger partial charge in [-0.2, -0.15) is 0 Å². The zero-order valence-electron chi connectivity index (χ0n) is 6.88. The molecule has 80 valence electrons. The van der Waals surface area contributed by atoms with Crippen LogP contribution in [0.15, 0.2) is 27.1 Å². The van der Waals surface area contributed by atoms with E-state index in [0.717, 1.165) is 8.95 Å². The molecule has 0 aromatic heterocycles. The molecule has 1 rings (SSSR count). The standard InChI is InChI=1S/C8H7Br2F2N.ClH/c9-5-2-1-4(3-6(5)10)7(13)8(11)12;/h1-3,7-8H,13H2;1H/t7-;/m1./s1. The summed E-state index contributed by atoms with van der Waals surface area (Å²) >= 11 is 6.46. The van der Waals surface area contributed by atoms with Crippen LogP contribution in [-0.4, -0.2) is 6.43 Å². The number of alkyl halides is 2. The molecule has 0 aliphatic heterocycles.